The van der Waals surface area contributed by atoms with Crippen LogP contribution in [0, 0.1) is 0 Å². The van der Waals surface area contributed by atoms with Crippen molar-refractivity contribution in [3.8, 4) is 0 Å². The predicted octanol–water partition coefficient (Wildman–Crippen LogP) is -1.81. The van der Waals surface area contributed by atoms with E-state index in [9.17, 15) is 8.42 Å². The molecule has 2 fully saturated rings. The molecule has 0 amide bonds. The molecule has 0 saturated carbocycles. The number of hydrogen-bond acceptors (Lipinski definition) is 9. The fraction of sp³-hybridized carbons (Fsp3) is 1.00. The van der Waals surface area contributed by atoms with Gasteiger partial charge in [0, 0.05) is 33.8 Å². The molecule has 0 aromatic carbocycles. The Labute approximate surface area is 156 Å². The Balaban J connectivity index is 1.94. The predicted molar refractivity (Wildman–Crippen MR) is 97.4 cm³/mol. The molecule has 26 heavy (non-hydrogen) atoms. The van der Waals surface area contributed by atoms with E-state index in [1.165, 1.54) is 10.6 Å². The highest BCUT2D eigenvalue weighted by Crippen LogP contribution is 2.24. The van der Waals surface area contributed by atoms with Crippen molar-refractivity contribution in [3.05, 3.63) is 0 Å². The number of ether oxygens (including phenoxy) is 3. The van der Waals surface area contributed by atoms with Gasteiger partial charge in [0.25, 0.3) is 0 Å². The average molecular weight is 396 g/mol. The summed E-state index contributed by atoms with van der Waals surface area (Å²) in [6, 6.07) is -0.394. The number of hydrogen-bond donors (Lipinski definition) is 2. The van der Waals surface area contributed by atoms with Crippen molar-refractivity contribution in [2.24, 2.45) is 11.7 Å². The molecule has 0 spiro atoms. The Morgan fingerprint density at radius 2 is 1.73 bits per heavy atom. The second-order valence-corrected chi connectivity index (χ2v) is 9.28. The number of rotatable bonds is 7. The van der Waals surface area contributed by atoms with E-state index < -0.39 is 10.0 Å². The highest BCUT2D eigenvalue weighted by molar-refractivity contribution is 7.88. The van der Waals surface area contributed by atoms with Gasteiger partial charge in [-0.2, -0.15) is 4.31 Å². The summed E-state index contributed by atoms with van der Waals surface area (Å²) in [5.41, 5.74) is 0. The van der Waals surface area contributed by atoms with E-state index in [1.807, 2.05) is 7.05 Å². The molecule has 154 valence electrons. The van der Waals surface area contributed by atoms with E-state index in [0.29, 0.717) is 26.2 Å². The maximum atomic E-state index is 11.9. The molecular formula is C15H33N5O5S. The molecule has 2 saturated heterocycles. The third-order valence-corrected chi connectivity index (χ3v) is 6.57. The van der Waals surface area contributed by atoms with Gasteiger partial charge in [0.05, 0.1) is 50.4 Å². The summed E-state index contributed by atoms with van der Waals surface area (Å²) in [6.07, 6.45) is 2.29. The molecule has 2 heterocycles. The van der Waals surface area contributed by atoms with Gasteiger partial charge in [-0.25, -0.2) is 18.4 Å². The highest BCUT2D eigenvalue weighted by Gasteiger charge is 2.39. The molecule has 2 aliphatic heterocycles. The molecule has 11 heteroatoms. The second kappa shape index (κ2) is 9.22. The SMILES string of the molecule is CN(N)C1CCOCC1OCC1CC(N(C)N)C(N(C)S(C)(=O)=O)CO1. The molecule has 2 aliphatic rings. The Kier molecular flexibility index (Phi) is 7.77. The average Bonchev–Trinajstić information content (AvgIpc) is 2.58. The normalized spacial score (nSPS) is 34.0. The number of nitrogens with two attached hydrogens (primary N) is 2. The van der Waals surface area contributed by atoms with Crippen LogP contribution in [-0.2, 0) is 24.2 Å². The largest absolute Gasteiger partial charge is 0.379 e. The Hall–Kier alpha value is -0.370. The zero-order chi connectivity index (χ0) is 19.5. The van der Waals surface area contributed by atoms with Crippen LogP contribution in [0.4, 0.5) is 0 Å². The van der Waals surface area contributed by atoms with E-state index in [4.69, 9.17) is 25.9 Å². The first-order chi connectivity index (χ1) is 12.1. The maximum absolute atomic E-state index is 11.9. The quantitative estimate of drug-likeness (QED) is 0.379. The standard InChI is InChI=1S/C15H33N5O5S/c1-18(16)12-5-6-23-10-15(12)25-8-11-7-13(19(2)17)14(9-24-11)20(3)26(4,21)22/h11-15H,5-10,16-17H2,1-4H3. The minimum atomic E-state index is -3.33. The fourth-order valence-corrected chi connectivity index (χ4v) is 4.24. The molecular weight excluding hydrogens is 362 g/mol. The molecule has 5 atom stereocenters. The van der Waals surface area contributed by atoms with Gasteiger partial charge in [-0.15, -0.1) is 0 Å². The summed E-state index contributed by atoms with van der Waals surface area (Å²) in [6.45, 7) is 1.83. The topological polar surface area (TPSA) is 124 Å². The minimum Gasteiger partial charge on any atom is -0.379 e. The first-order valence-corrected chi connectivity index (χ1v) is 10.6. The highest BCUT2D eigenvalue weighted by atomic mass is 32.2. The lowest BCUT2D eigenvalue weighted by molar-refractivity contribution is -0.138. The molecule has 0 aromatic rings. The van der Waals surface area contributed by atoms with Crippen LogP contribution in [0.2, 0.25) is 0 Å². The van der Waals surface area contributed by atoms with Crippen molar-refractivity contribution in [1.29, 1.82) is 0 Å². The molecule has 10 nitrogen and oxygen atoms in total. The van der Waals surface area contributed by atoms with E-state index in [1.54, 1.807) is 24.1 Å². The van der Waals surface area contributed by atoms with Crippen molar-refractivity contribution < 1.29 is 22.6 Å². The van der Waals surface area contributed by atoms with Gasteiger partial charge in [0.2, 0.25) is 10.0 Å². The van der Waals surface area contributed by atoms with Gasteiger partial charge in [-0.3, -0.25) is 11.7 Å². The van der Waals surface area contributed by atoms with Crippen LogP contribution in [-0.4, -0.2) is 107 Å². The van der Waals surface area contributed by atoms with Crippen molar-refractivity contribution >= 4 is 10.0 Å². The second-order valence-electron chi connectivity index (χ2n) is 7.24. The Morgan fingerprint density at radius 3 is 2.31 bits per heavy atom. The molecule has 0 aliphatic carbocycles. The summed E-state index contributed by atoms with van der Waals surface area (Å²) >= 11 is 0. The van der Waals surface area contributed by atoms with Gasteiger partial charge >= 0.3 is 0 Å². The van der Waals surface area contributed by atoms with Crippen LogP contribution in [0.1, 0.15) is 12.8 Å². The number of likely N-dealkylation sites (N-methyl/N-ethyl adjacent to an activating group) is 3. The lowest BCUT2D eigenvalue weighted by Crippen LogP contribution is -2.60. The maximum Gasteiger partial charge on any atom is 0.211 e. The summed E-state index contributed by atoms with van der Waals surface area (Å²) < 4.78 is 42.5. The van der Waals surface area contributed by atoms with E-state index >= 15 is 0 Å². The first-order valence-electron chi connectivity index (χ1n) is 8.80. The molecule has 0 radical (unpaired) electrons. The summed E-state index contributed by atoms with van der Waals surface area (Å²) in [4.78, 5) is 0. The van der Waals surface area contributed by atoms with Crippen LogP contribution in [0.25, 0.3) is 0 Å². The third-order valence-electron chi connectivity index (χ3n) is 5.25. The monoisotopic (exact) mass is 395 g/mol. The van der Waals surface area contributed by atoms with E-state index in [0.717, 1.165) is 6.42 Å². The van der Waals surface area contributed by atoms with Crippen molar-refractivity contribution in [1.82, 2.24) is 14.3 Å². The number of sulfonamides is 1. The molecule has 5 unspecified atom stereocenters. The van der Waals surface area contributed by atoms with E-state index in [-0.39, 0.29) is 36.9 Å². The van der Waals surface area contributed by atoms with E-state index in [2.05, 4.69) is 0 Å². The summed E-state index contributed by atoms with van der Waals surface area (Å²) in [5, 5.41) is 3.23. The lowest BCUT2D eigenvalue weighted by atomic mass is 9.98. The van der Waals surface area contributed by atoms with Crippen LogP contribution < -0.4 is 11.7 Å². The fourth-order valence-electron chi connectivity index (χ4n) is 3.54. The van der Waals surface area contributed by atoms with Crippen LogP contribution in [0.5, 0.6) is 0 Å². The summed E-state index contributed by atoms with van der Waals surface area (Å²) in [7, 11) is 1.79. The number of hydrazine groups is 2. The Bertz CT molecular complexity index is 547. The van der Waals surface area contributed by atoms with Gasteiger partial charge in [0.1, 0.15) is 0 Å². The number of nitrogens with zero attached hydrogens (tertiary/aromatic N) is 3. The van der Waals surface area contributed by atoms with Crippen molar-refractivity contribution in [2.45, 2.75) is 43.2 Å². The lowest BCUT2D eigenvalue weighted by Gasteiger charge is -2.43. The zero-order valence-corrected chi connectivity index (χ0v) is 16.9. The van der Waals surface area contributed by atoms with Crippen molar-refractivity contribution in [3.63, 3.8) is 0 Å². The summed E-state index contributed by atoms with van der Waals surface area (Å²) in [5.74, 6) is 11.9. The first kappa shape index (κ1) is 21.9. The third kappa shape index (κ3) is 5.57. The Morgan fingerprint density at radius 1 is 1.08 bits per heavy atom. The molecule has 0 bridgehead atoms. The molecule has 0 aromatic heterocycles. The van der Waals surface area contributed by atoms with Crippen LogP contribution in [0.15, 0.2) is 0 Å². The zero-order valence-electron chi connectivity index (χ0n) is 16.1. The van der Waals surface area contributed by atoms with Crippen molar-refractivity contribution in [2.75, 3.05) is 53.8 Å². The minimum absolute atomic E-state index is 0.101. The van der Waals surface area contributed by atoms with Gasteiger partial charge in [-0.1, -0.05) is 0 Å². The van der Waals surface area contributed by atoms with Gasteiger partial charge in [-0.05, 0) is 12.8 Å². The molecule has 2 rings (SSSR count). The molecule has 4 N–H and O–H groups in total. The smallest absolute Gasteiger partial charge is 0.211 e. The van der Waals surface area contributed by atoms with Crippen LogP contribution >= 0.6 is 0 Å². The van der Waals surface area contributed by atoms with Gasteiger partial charge < -0.3 is 14.2 Å². The van der Waals surface area contributed by atoms with Gasteiger partial charge in [0.15, 0.2) is 0 Å². The van der Waals surface area contributed by atoms with Crippen LogP contribution in [0.3, 0.4) is 0 Å².